The molecule has 1 aromatic heterocycles. The summed E-state index contributed by atoms with van der Waals surface area (Å²) in [5, 5.41) is 21.3. The summed E-state index contributed by atoms with van der Waals surface area (Å²) in [6, 6.07) is 16.7. The number of para-hydroxylation sites is 1. The van der Waals surface area contributed by atoms with Crippen LogP contribution < -0.4 is 15.4 Å². The van der Waals surface area contributed by atoms with Gasteiger partial charge in [0.1, 0.15) is 5.82 Å². The van der Waals surface area contributed by atoms with Crippen molar-refractivity contribution in [3.8, 4) is 11.6 Å². The van der Waals surface area contributed by atoms with E-state index in [-0.39, 0.29) is 5.41 Å². The Hall–Kier alpha value is -3.32. The van der Waals surface area contributed by atoms with Gasteiger partial charge in [-0.15, -0.1) is 5.10 Å². The monoisotopic (exact) mass is 404 g/mol. The summed E-state index contributed by atoms with van der Waals surface area (Å²) in [7, 11) is 1.55. The van der Waals surface area contributed by atoms with Crippen LogP contribution in [0.15, 0.2) is 54.6 Å². The van der Waals surface area contributed by atoms with Crippen LogP contribution in [-0.2, 0) is 5.41 Å². The van der Waals surface area contributed by atoms with Crippen LogP contribution >= 0.6 is 0 Å². The molecule has 3 aromatic rings. The fourth-order valence-electron chi connectivity index (χ4n) is 4.58. The van der Waals surface area contributed by atoms with E-state index in [9.17, 15) is 9.90 Å². The van der Waals surface area contributed by atoms with E-state index in [0.717, 1.165) is 35.2 Å². The molecule has 0 radical (unpaired) electrons. The van der Waals surface area contributed by atoms with E-state index in [0.29, 0.717) is 11.7 Å². The topological polar surface area (TPSA) is 88.4 Å². The lowest BCUT2D eigenvalue weighted by molar-refractivity contribution is 0.109. The fraction of sp³-hybridized carbons (Fsp3) is 0.304. The maximum Gasteiger partial charge on any atom is 0.320 e. The second kappa shape index (κ2) is 6.88. The van der Waals surface area contributed by atoms with Crippen molar-refractivity contribution < 1.29 is 14.6 Å². The van der Waals surface area contributed by atoms with E-state index in [2.05, 4.69) is 21.8 Å². The van der Waals surface area contributed by atoms with Crippen molar-refractivity contribution in [2.45, 2.75) is 37.3 Å². The van der Waals surface area contributed by atoms with Gasteiger partial charge in [-0.3, -0.25) is 5.32 Å². The molecule has 1 fully saturated rings. The van der Waals surface area contributed by atoms with Gasteiger partial charge in [0.25, 0.3) is 0 Å². The largest absolute Gasteiger partial charge is 0.480 e. The second-order valence-electron chi connectivity index (χ2n) is 7.99. The van der Waals surface area contributed by atoms with Crippen LogP contribution in [0.4, 0.5) is 10.6 Å². The number of hydrogen-bond acceptors (Lipinski definition) is 4. The zero-order valence-corrected chi connectivity index (χ0v) is 16.9. The number of anilines is 1. The molecular weight excluding hydrogens is 380 g/mol. The number of hydrogen-bond donors (Lipinski definition) is 3. The molecule has 7 heteroatoms. The van der Waals surface area contributed by atoms with Gasteiger partial charge in [0.15, 0.2) is 0 Å². The highest BCUT2D eigenvalue weighted by atomic mass is 16.5. The third-order valence-corrected chi connectivity index (χ3v) is 6.29. The number of aliphatic hydroxyl groups is 1. The summed E-state index contributed by atoms with van der Waals surface area (Å²) < 4.78 is 7.01. The Morgan fingerprint density at radius 2 is 1.87 bits per heavy atom. The predicted octanol–water partition coefficient (Wildman–Crippen LogP) is 3.46. The molecule has 2 amide bonds. The average Bonchev–Trinajstić information content (AvgIpc) is 3.48. The predicted molar refractivity (Wildman–Crippen MR) is 113 cm³/mol. The molecule has 0 saturated heterocycles. The minimum Gasteiger partial charge on any atom is -0.480 e. The minimum atomic E-state index is -0.629. The Morgan fingerprint density at radius 1 is 1.17 bits per heavy atom. The number of aromatic nitrogens is 2. The summed E-state index contributed by atoms with van der Waals surface area (Å²) >= 11 is 0. The number of carbonyl (C=O) groups excluding carboxylic acids is 1. The molecule has 30 heavy (non-hydrogen) atoms. The molecule has 3 N–H and O–H groups in total. The second-order valence-corrected chi connectivity index (χ2v) is 7.99. The van der Waals surface area contributed by atoms with Gasteiger partial charge in [-0.2, -0.15) is 0 Å². The Morgan fingerprint density at radius 3 is 2.57 bits per heavy atom. The van der Waals surface area contributed by atoms with Gasteiger partial charge in [-0.05, 0) is 43.0 Å². The number of nitrogens with zero attached hydrogens (tertiary/aromatic N) is 2. The molecule has 2 atom stereocenters. The number of rotatable bonds is 4. The number of nitrogens with one attached hydrogen (secondary N) is 2. The number of benzene rings is 2. The Bertz CT molecular complexity index is 1100. The molecule has 154 valence electrons. The Labute approximate surface area is 174 Å². The summed E-state index contributed by atoms with van der Waals surface area (Å²) in [5.41, 5.74) is 3.46. The third kappa shape index (κ3) is 2.77. The van der Waals surface area contributed by atoms with Crippen LogP contribution in [0, 0.1) is 6.92 Å². The molecule has 1 unspecified atom stereocenters. The number of carbonyl (C=O) groups is 1. The van der Waals surface area contributed by atoms with Gasteiger partial charge in [0, 0.05) is 5.41 Å². The lowest BCUT2D eigenvalue weighted by Crippen LogP contribution is -2.39. The van der Waals surface area contributed by atoms with Crippen molar-refractivity contribution in [3.05, 3.63) is 71.3 Å². The van der Waals surface area contributed by atoms with Crippen LogP contribution in [0.3, 0.4) is 0 Å². The Balaban J connectivity index is 1.43. The van der Waals surface area contributed by atoms with Crippen LogP contribution in [0.2, 0.25) is 0 Å². The summed E-state index contributed by atoms with van der Waals surface area (Å²) in [6.07, 6.45) is 1.26. The number of methoxy groups -OCH3 is 1. The number of amides is 2. The van der Waals surface area contributed by atoms with Gasteiger partial charge in [0.05, 0.1) is 30.5 Å². The van der Waals surface area contributed by atoms with Crippen molar-refractivity contribution in [1.29, 1.82) is 0 Å². The first-order valence-electron chi connectivity index (χ1n) is 10.1. The molecule has 7 nitrogen and oxygen atoms in total. The highest BCUT2D eigenvalue weighted by Crippen LogP contribution is 2.59. The van der Waals surface area contributed by atoms with Gasteiger partial charge >= 0.3 is 6.03 Å². The van der Waals surface area contributed by atoms with Crippen molar-refractivity contribution in [3.63, 3.8) is 0 Å². The van der Waals surface area contributed by atoms with Crippen LogP contribution in [-0.4, -0.2) is 34.1 Å². The zero-order chi connectivity index (χ0) is 20.9. The molecule has 2 aliphatic rings. The quantitative estimate of drug-likeness (QED) is 0.621. The molecule has 1 saturated carbocycles. The molecular formula is C23H24N4O3. The van der Waals surface area contributed by atoms with E-state index in [1.54, 1.807) is 11.8 Å². The van der Waals surface area contributed by atoms with E-state index in [4.69, 9.17) is 4.74 Å². The van der Waals surface area contributed by atoms with Crippen LogP contribution in [0.5, 0.6) is 5.88 Å². The standard InChI is InChI=1S/C23H24N4O3/c1-14-20(27(26-21(14)30-2)15-8-4-3-5-9-15)25-22(29)24-18-16-10-6-7-11-17(16)23(12-13-23)19(18)28/h3-11,18-19,28H,12-13H2,1-2H3,(H2,24,25,29)/t18?,19-/m0/s1. The summed E-state index contributed by atoms with van der Waals surface area (Å²) in [4.78, 5) is 13.0. The number of urea groups is 1. The maximum absolute atomic E-state index is 13.0. The number of ether oxygens (including phenoxy) is 1. The van der Waals surface area contributed by atoms with E-state index >= 15 is 0 Å². The lowest BCUT2D eigenvalue weighted by Gasteiger charge is -2.21. The molecule has 2 aliphatic carbocycles. The number of aliphatic hydroxyl groups excluding tert-OH is 1. The van der Waals surface area contributed by atoms with Crippen molar-refractivity contribution >= 4 is 11.8 Å². The van der Waals surface area contributed by atoms with E-state index in [1.165, 1.54) is 0 Å². The van der Waals surface area contributed by atoms with Crippen LogP contribution in [0.1, 0.15) is 35.6 Å². The smallest absolute Gasteiger partial charge is 0.320 e. The molecule has 2 aromatic carbocycles. The highest BCUT2D eigenvalue weighted by molar-refractivity contribution is 5.90. The first kappa shape index (κ1) is 18.7. The van der Waals surface area contributed by atoms with E-state index < -0.39 is 18.2 Å². The highest BCUT2D eigenvalue weighted by Gasteiger charge is 2.59. The van der Waals surface area contributed by atoms with Gasteiger partial charge in [0.2, 0.25) is 5.88 Å². The first-order chi connectivity index (χ1) is 14.5. The van der Waals surface area contributed by atoms with Gasteiger partial charge in [-0.25, -0.2) is 9.48 Å². The maximum atomic E-state index is 13.0. The molecule has 1 heterocycles. The Kier molecular flexibility index (Phi) is 4.29. The van der Waals surface area contributed by atoms with Crippen molar-refractivity contribution in [1.82, 2.24) is 15.1 Å². The summed E-state index contributed by atoms with van der Waals surface area (Å²) in [5.74, 6) is 0.967. The first-order valence-corrected chi connectivity index (χ1v) is 10.1. The number of fused-ring (bicyclic) bond motifs is 2. The van der Waals surface area contributed by atoms with Gasteiger partial charge in [-0.1, -0.05) is 42.5 Å². The van der Waals surface area contributed by atoms with Crippen molar-refractivity contribution in [2.24, 2.45) is 0 Å². The summed E-state index contributed by atoms with van der Waals surface area (Å²) in [6.45, 7) is 1.85. The van der Waals surface area contributed by atoms with Crippen molar-refractivity contribution in [2.75, 3.05) is 12.4 Å². The normalized spacial score (nSPS) is 20.6. The van der Waals surface area contributed by atoms with Crippen LogP contribution in [0.25, 0.3) is 5.69 Å². The van der Waals surface area contributed by atoms with Gasteiger partial charge < -0.3 is 15.2 Å². The molecule has 0 bridgehead atoms. The molecule has 0 aliphatic heterocycles. The fourth-order valence-corrected chi connectivity index (χ4v) is 4.58. The SMILES string of the molecule is COc1nn(-c2ccccc2)c(NC(=O)NC2c3ccccc3C3(CC3)[C@H]2O)c1C. The molecule has 5 rings (SSSR count). The lowest BCUT2D eigenvalue weighted by atomic mass is 9.97. The third-order valence-electron chi connectivity index (χ3n) is 6.29. The molecule has 1 spiro atoms. The zero-order valence-electron chi connectivity index (χ0n) is 16.9. The van der Waals surface area contributed by atoms with E-state index in [1.807, 2.05) is 55.5 Å². The average molecular weight is 404 g/mol. The minimum absolute atomic E-state index is 0.209.